The predicted molar refractivity (Wildman–Crippen MR) is 79.7 cm³/mol. The van der Waals surface area contributed by atoms with Crippen molar-refractivity contribution in [3.05, 3.63) is 11.6 Å². The molecule has 108 valence electrons. The minimum absolute atomic E-state index is 0.0121. The zero-order valence-electron chi connectivity index (χ0n) is 10.9. The highest BCUT2D eigenvalue weighted by molar-refractivity contribution is 8.03. The van der Waals surface area contributed by atoms with Crippen LogP contribution in [0.25, 0.3) is 0 Å². The molecule has 8 heteroatoms. The maximum atomic E-state index is 12.7. The van der Waals surface area contributed by atoms with Crippen LogP contribution in [0.2, 0.25) is 0 Å². The Labute approximate surface area is 118 Å². The van der Waals surface area contributed by atoms with Crippen molar-refractivity contribution >= 4 is 36.8 Å². The minimum atomic E-state index is -3.77. The number of thiophene rings is 1. The molecule has 19 heavy (non-hydrogen) atoms. The molecule has 3 N–H and O–H groups in total. The molecule has 1 aromatic rings. The molecule has 0 saturated carbocycles. The Morgan fingerprint density at radius 2 is 2.26 bits per heavy atom. The molecule has 0 spiro atoms. The van der Waals surface area contributed by atoms with Crippen molar-refractivity contribution in [2.24, 2.45) is 5.14 Å². The van der Waals surface area contributed by atoms with Crippen molar-refractivity contribution in [1.82, 2.24) is 5.32 Å². The predicted octanol–water partition coefficient (Wildman–Crippen LogP) is 0.914. The van der Waals surface area contributed by atoms with Gasteiger partial charge in [0.25, 0.3) is 0 Å². The summed E-state index contributed by atoms with van der Waals surface area (Å²) in [6, 6.07) is 1.55. The van der Waals surface area contributed by atoms with Crippen LogP contribution >= 0.6 is 11.3 Å². The van der Waals surface area contributed by atoms with E-state index in [0.29, 0.717) is 10.6 Å². The Balaban J connectivity index is 2.64. The van der Waals surface area contributed by atoms with E-state index in [4.69, 9.17) is 5.14 Å². The first-order chi connectivity index (χ1) is 8.67. The van der Waals surface area contributed by atoms with E-state index in [-0.39, 0.29) is 15.5 Å². The van der Waals surface area contributed by atoms with Crippen LogP contribution in [0.15, 0.2) is 14.5 Å². The second-order valence-corrected chi connectivity index (χ2v) is 10.5. The van der Waals surface area contributed by atoms with Gasteiger partial charge in [-0.3, -0.25) is 4.21 Å². The van der Waals surface area contributed by atoms with Gasteiger partial charge in [-0.15, -0.1) is 11.3 Å². The molecule has 0 amide bonds. The molecule has 3 atom stereocenters. The smallest absolute Gasteiger partial charge is 0.247 e. The Bertz CT molecular complexity index is 689. The Hall–Kier alpha value is -0.410. The molecular weight excluding hydrogens is 304 g/mol. The minimum Gasteiger partial charge on any atom is -0.310 e. The maximum Gasteiger partial charge on any atom is 0.247 e. The highest BCUT2D eigenvalue weighted by Gasteiger charge is 2.35. The van der Waals surface area contributed by atoms with E-state index in [9.17, 15) is 12.6 Å². The summed E-state index contributed by atoms with van der Waals surface area (Å²) in [4.78, 5) is 0. The van der Waals surface area contributed by atoms with E-state index < -0.39 is 19.5 Å². The number of hydrogen-bond donors (Lipinski definition) is 2. The van der Waals surface area contributed by atoms with E-state index >= 15 is 0 Å². The summed E-state index contributed by atoms with van der Waals surface area (Å²) in [5, 5.41) is 8.36. The maximum absolute atomic E-state index is 12.7. The molecule has 1 aromatic heterocycles. The SMILES string of the molecule is C=S1(=O)c2sc(S(N)(=O)=O)cc2[C@@H](NCC)C[C@@H]1C. The van der Waals surface area contributed by atoms with Gasteiger partial charge in [-0.05, 0) is 30.5 Å². The van der Waals surface area contributed by atoms with Gasteiger partial charge in [0.15, 0.2) is 0 Å². The number of primary sulfonamides is 1. The molecule has 0 aliphatic carbocycles. The lowest BCUT2D eigenvalue weighted by Gasteiger charge is -2.30. The lowest BCUT2D eigenvalue weighted by molar-refractivity contribution is 0.493. The van der Waals surface area contributed by atoms with Crippen molar-refractivity contribution < 1.29 is 12.6 Å². The van der Waals surface area contributed by atoms with Crippen molar-refractivity contribution in [3.8, 4) is 0 Å². The summed E-state index contributed by atoms with van der Waals surface area (Å²) in [5.74, 6) is 3.82. The molecule has 2 rings (SSSR count). The summed E-state index contributed by atoms with van der Waals surface area (Å²) in [7, 11) is -6.22. The van der Waals surface area contributed by atoms with Crippen LogP contribution in [-0.2, 0) is 19.5 Å². The first-order valence-electron chi connectivity index (χ1n) is 5.94. The van der Waals surface area contributed by atoms with Gasteiger partial charge >= 0.3 is 0 Å². The third kappa shape index (κ3) is 2.59. The third-order valence-corrected chi connectivity index (χ3v) is 9.16. The van der Waals surface area contributed by atoms with Crippen LogP contribution < -0.4 is 10.5 Å². The van der Waals surface area contributed by atoms with E-state index in [1.807, 2.05) is 13.8 Å². The summed E-state index contributed by atoms with van der Waals surface area (Å²) in [6.45, 7) is 4.63. The Morgan fingerprint density at radius 1 is 1.63 bits per heavy atom. The first-order valence-corrected chi connectivity index (χ1v) is 10.1. The van der Waals surface area contributed by atoms with E-state index in [1.165, 1.54) is 0 Å². The number of fused-ring (bicyclic) bond motifs is 1. The summed E-state index contributed by atoms with van der Waals surface area (Å²) >= 11 is 0.992. The molecule has 2 heterocycles. The number of hydrogen-bond acceptors (Lipinski definition) is 5. The lowest BCUT2D eigenvalue weighted by atomic mass is 10.1. The summed E-state index contributed by atoms with van der Waals surface area (Å²) in [6.07, 6.45) is 0.684. The fraction of sp³-hybridized carbons (Fsp3) is 0.545. The van der Waals surface area contributed by atoms with Crippen molar-refractivity contribution in [3.63, 3.8) is 0 Å². The topological polar surface area (TPSA) is 89.3 Å². The van der Waals surface area contributed by atoms with Crippen LogP contribution in [0, 0.1) is 0 Å². The van der Waals surface area contributed by atoms with Gasteiger partial charge in [0.1, 0.15) is 4.21 Å². The average Bonchev–Trinajstić information content (AvgIpc) is 2.72. The van der Waals surface area contributed by atoms with Crippen LogP contribution in [0.1, 0.15) is 31.9 Å². The number of nitrogens with two attached hydrogens (primary N) is 1. The average molecular weight is 322 g/mol. The van der Waals surface area contributed by atoms with Gasteiger partial charge in [-0.1, -0.05) is 13.8 Å². The summed E-state index contributed by atoms with van der Waals surface area (Å²) in [5.41, 5.74) is 0.772. The standard InChI is InChI=1S/C11H18N2O3S3/c1-4-13-9-5-7(2)18(3,14)11-8(9)6-10(17-11)19(12,15)16/h6-7,9,13H,3-5H2,1-2H3,(H2,12,15,16)/t7-,9-,18?/m0/s1. The molecule has 0 radical (unpaired) electrons. The Morgan fingerprint density at radius 3 is 2.79 bits per heavy atom. The third-order valence-electron chi connectivity index (χ3n) is 3.34. The highest BCUT2D eigenvalue weighted by atomic mass is 32.3. The number of nitrogens with one attached hydrogen (secondary N) is 1. The van der Waals surface area contributed by atoms with Crippen LogP contribution in [0.5, 0.6) is 0 Å². The Kier molecular flexibility index (Phi) is 3.83. The number of rotatable bonds is 3. The molecule has 5 nitrogen and oxygen atoms in total. The van der Waals surface area contributed by atoms with Crippen LogP contribution in [0.3, 0.4) is 0 Å². The molecule has 1 unspecified atom stereocenters. The largest absolute Gasteiger partial charge is 0.310 e. The zero-order valence-corrected chi connectivity index (χ0v) is 13.3. The van der Waals surface area contributed by atoms with Gasteiger partial charge in [0.05, 0.1) is 4.21 Å². The monoisotopic (exact) mass is 322 g/mol. The van der Waals surface area contributed by atoms with Crippen molar-refractivity contribution in [2.75, 3.05) is 6.54 Å². The fourth-order valence-electron chi connectivity index (χ4n) is 2.26. The van der Waals surface area contributed by atoms with E-state index in [1.54, 1.807) is 6.07 Å². The molecule has 0 bridgehead atoms. The second-order valence-electron chi connectivity index (χ2n) is 4.74. The van der Waals surface area contributed by atoms with Crippen LogP contribution in [-0.4, -0.2) is 30.3 Å². The van der Waals surface area contributed by atoms with Gasteiger partial charge < -0.3 is 5.32 Å². The van der Waals surface area contributed by atoms with Gasteiger partial charge in [-0.25, -0.2) is 13.6 Å². The molecule has 1 aliphatic rings. The van der Waals surface area contributed by atoms with E-state index in [2.05, 4.69) is 11.2 Å². The van der Waals surface area contributed by atoms with Gasteiger partial charge in [0.2, 0.25) is 10.0 Å². The van der Waals surface area contributed by atoms with Crippen molar-refractivity contribution in [1.29, 1.82) is 0 Å². The quantitative estimate of drug-likeness (QED) is 0.810. The lowest BCUT2D eigenvalue weighted by Crippen LogP contribution is -2.33. The number of sulfonamides is 1. The van der Waals surface area contributed by atoms with Gasteiger partial charge in [0, 0.05) is 20.8 Å². The van der Waals surface area contributed by atoms with E-state index in [0.717, 1.165) is 23.4 Å². The van der Waals surface area contributed by atoms with Crippen molar-refractivity contribution in [2.45, 2.75) is 40.0 Å². The van der Waals surface area contributed by atoms with Crippen LogP contribution in [0.4, 0.5) is 0 Å². The normalized spacial score (nSPS) is 31.1. The molecule has 0 saturated heterocycles. The molecule has 0 fully saturated rings. The molecular formula is C11H18N2O3S3. The summed E-state index contributed by atoms with van der Waals surface area (Å²) < 4.78 is 36.2. The highest BCUT2D eigenvalue weighted by Crippen LogP contribution is 2.42. The zero-order chi connectivity index (χ0) is 14.4. The fourth-order valence-corrected chi connectivity index (χ4v) is 6.90. The molecule has 0 aromatic carbocycles. The van der Waals surface area contributed by atoms with Gasteiger partial charge in [-0.2, -0.15) is 0 Å². The molecule has 1 aliphatic heterocycles. The second kappa shape index (κ2) is 4.85. The first kappa shape index (κ1) is 15.0.